The molecule has 4 rings (SSSR count). The van der Waals surface area contributed by atoms with Crippen LogP contribution in [-0.4, -0.2) is 16.6 Å². The molecule has 2 aliphatic carbocycles. The van der Waals surface area contributed by atoms with Gasteiger partial charge in [0, 0.05) is 27.3 Å². The van der Waals surface area contributed by atoms with Gasteiger partial charge in [0.25, 0.3) is 0 Å². The molecule has 1 aromatic heterocycles. The Hall–Kier alpha value is -1.23. The van der Waals surface area contributed by atoms with Gasteiger partial charge in [-0.2, -0.15) is 0 Å². The molecule has 3 atom stereocenters. The van der Waals surface area contributed by atoms with E-state index in [1.807, 2.05) is 6.92 Å². The van der Waals surface area contributed by atoms with Gasteiger partial charge in [0.2, 0.25) is 0 Å². The van der Waals surface area contributed by atoms with Crippen LogP contribution >= 0.6 is 34.5 Å². The van der Waals surface area contributed by atoms with Crippen molar-refractivity contribution in [3.63, 3.8) is 0 Å². The van der Waals surface area contributed by atoms with Crippen LogP contribution in [0.25, 0.3) is 10.6 Å². The Balaban J connectivity index is 1.78. The highest BCUT2D eigenvalue weighted by molar-refractivity contribution is 7.15. The smallest absolute Gasteiger partial charge is 0.152 e. The average molecular weight is 380 g/mol. The van der Waals surface area contributed by atoms with Crippen molar-refractivity contribution in [3.8, 4) is 10.6 Å². The Labute approximate surface area is 154 Å². The molecular weight excluding hydrogens is 365 g/mol. The van der Waals surface area contributed by atoms with Gasteiger partial charge in [0.05, 0.1) is 10.7 Å². The van der Waals surface area contributed by atoms with Crippen LogP contribution in [-0.2, 0) is 9.59 Å². The summed E-state index contributed by atoms with van der Waals surface area (Å²) in [6, 6.07) is 5.22. The first-order valence-electron chi connectivity index (χ1n) is 7.96. The lowest BCUT2D eigenvalue weighted by molar-refractivity contribution is -0.136. The van der Waals surface area contributed by atoms with E-state index in [1.165, 1.54) is 11.3 Å². The number of fused-ring (bicyclic) bond motifs is 2. The van der Waals surface area contributed by atoms with Crippen molar-refractivity contribution in [2.24, 2.45) is 11.8 Å². The summed E-state index contributed by atoms with van der Waals surface area (Å²) in [4.78, 5) is 31.0. The number of rotatable bonds is 2. The highest BCUT2D eigenvalue weighted by atomic mass is 35.5. The van der Waals surface area contributed by atoms with Crippen LogP contribution in [0.5, 0.6) is 0 Å². The maximum atomic E-state index is 12.7. The van der Waals surface area contributed by atoms with Crippen LogP contribution in [0.15, 0.2) is 18.2 Å². The van der Waals surface area contributed by atoms with E-state index in [2.05, 4.69) is 4.98 Å². The van der Waals surface area contributed by atoms with Gasteiger partial charge in [0.1, 0.15) is 10.9 Å². The number of Topliss-reactive ketones (excluding diaryl/α,β-unsaturated/α-hetero) is 2. The molecule has 124 valence electrons. The number of carbonyl (C=O) groups is 2. The minimum atomic E-state index is -0.695. The Morgan fingerprint density at radius 3 is 2.46 bits per heavy atom. The molecule has 2 bridgehead atoms. The molecule has 1 heterocycles. The first-order valence-corrected chi connectivity index (χ1v) is 9.53. The number of benzene rings is 1. The van der Waals surface area contributed by atoms with Crippen LogP contribution in [0.2, 0.25) is 10.0 Å². The lowest BCUT2D eigenvalue weighted by atomic mass is 9.77. The van der Waals surface area contributed by atoms with E-state index >= 15 is 0 Å². The molecule has 2 saturated carbocycles. The van der Waals surface area contributed by atoms with Crippen molar-refractivity contribution in [1.82, 2.24) is 4.98 Å². The van der Waals surface area contributed by atoms with Crippen molar-refractivity contribution in [3.05, 3.63) is 38.8 Å². The standard InChI is InChI=1S/C18H15Cl2NO2S/c1-8-15(14-16(22)9-2-3-10(6-9)17(14)23)21-18(24-8)12-7-11(19)4-5-13(12)20/h4-5,7,9-10,14H,2-3,6H2,1H3/t9-,10+,14?. The maximum absolute atomic E-state index is 12.7. The molecule has 24 heavy (non-hydrogen) atoms. The Morgan fingerprint density at radius 1 is 1.12 bits per heavy atom. The number of nitrogens with zero attached hydrogens (tertiary/aromatic N) is 1. The fourth-order valence-corrected chi connectivity index (χ4v) is 5.25. The highest BCUT2D eigenvalue weighted by Gasteiger charge is 2.48. The summed E-state index contributed by atoms with van der Waals surface area (Å²) < 4.78 is 0. The lowest BCUT2D eigenvalue weighted by Crippen LogP contribution is -2.35. The third-order valence-electron chi connectivity index (χ3n) is 5.07. The molecule has 0 spiro atoms. The zero-order chi connectivity index (χ0) is 17.0. The molecule has 3 nitrogen and oxygen atoms in total. The Bertz CT molecular complexity index is 839. The van der Waals surface area contributed by atoms with Gasteiger partial charge < -0.3 is 0 Å². The molecule has 0 N–H and O–H groups in total. The van der Waals surface area contributed by atoms with Crippen molar-refractivity contribution in [2.45, 2.75) is 32.1 Å². The number of hydrogen-bond donors (Lipinski definition) is 0. The number of thiazole rings is 1. The van der Waals surface area contributed by atoms with Crippen molar-refractivity contribution >= 4 is 46.1 Å². The van der Waals surface area contributed by atoms with Crippen LogP contribution in [0.4, 0.5) is 0 Å². The molecule has 2 aliphatic rings. The van der Waals surface area contributed by atoms with Crippen LogP contribution < -0.4 is 0 Å². The molecule has 0 amide bonds. The zero-order valence-corrected chi connectivity index (χ0v) is 15.3. The average Bonchev–Trinajstić information content (AvgIpc) is 3.15. The first kappa shape index (κ1) is 16.2. The van der Waals surface area contributed by atoms with E-state index in [0.717, 1.165) is 29.7 Å². The summed E-state index contributed by atoms with van der Waals surface area (Å²) in [6.45, 7) is 1.91. The third-order valence-corrected chi connectivity index (χ3v) is 6.66. The molecule has 2 fully saturated rings. The second kappa shape index (κ2) is 5.94. The number of halogens is 2. The molecule has 2 aromatic rings. The minimum absolute atomic E-state index is 0.0250. The Morgan fingerprint density at radius 2 is 1.79 bits per heavy atom. The van der Waals surface area contributed by atoms with Gasteiger partial charge >= 0.3 is 0 Å². The van der Waals surface area contributed by atoms with Gasteiger partial charge in [-0.05, 0) is 44.4 Å². The monoisotopic (exact) mass is 379 g/mol. The fraction of sp³-hybridized carbons (Fsp3) is 0.389. The Kier molecular flexibility index (Phi) is 4.02. The minimum Gasteiger partial charge on any atom is -0.298 e. The topological polar surface area (TPSA) is 47.0 Å². The predicted octanol–water partition coefficient (Wildman–Crippen LogP) is 5.08. The molecule has 6 heteroatoms. The van der Waals surface area contributed by atoms with E-state index in [4.69, 9.17) is 23.2 Å². The number of carbonyl (C=O) groups excluding carboxylic acids is 2. The third kappa shape index (κ3) is 2.52. The van der Waals surface area contributed by atoms with Gasteiger partial charge in [-0.1, -0.05) is 23.2 Å². The van der Waals surface area contributed by atoms with E-state index in [-0.39, 0.29) is 23.4 Å². The second-order valence-corrected chi connectivity index (χ2v) is 8.58. The summed E-state index contributed by atoms with van der Waals surface area (Å²) in [5.41, 5.74) is 1.35. The van der Waals surface area contributed by atoms with Crippen molar-refractivity contribution in [1.29, 1.82) is 0 Å². The second-order valence-electron chi connectivity index (χ2n) is 6.53. The van der Waals surface area contributed by atoms with Gasteiger partial charge in [0.15, 0.2) is 11.6 Å². The van der Waals surface area contributed by atoms with E-state index in [0.29, 0.717) is 20.7 Å². The van der Waals surface area contributed by atoms with Crippen molar-refractivity contribution < 1.29 is 9.59 Å². The lowest BCUT2D eigenvalue weighted by Gasteiger charge is -2.24. The molecule has 1 aromatic carbocycles. The van der Waals surface area contributed by atoms with Crippen LogP contribution in [0.3, 0.4) is 0 Å². The summed E-state index contributed by atoms with van der Waals surface area (Å²) in [5.74, 6) is -0.551. The summed E-state index contributed by atoms with van der Waals surface area (Å²) in [5, 5.41) is 1.83. The fourth-order valence-electron chi connectivity index (χ4n) is 3.83. The number of hydrogen-bond acceptors (Lipinski definition) is 4. The van der Waals surface area contributed by atoms with E-state index in [9.17, 15) is 9.59 Å². The maximum Gasteiger partial charge on any atom is 0.152 e. The number of ketones is 2. The summed E-state index contributed by atoms with van der Waals surface area (Å²) in [7, 11) is 0. The number of aryl methyl sites for hydroxylation is 1. The molecular formula is C18H15Cl2NO2S. The first-order chi connectivity index (χ1) is 11.5. The predicted molar refractivity (Wildman–Crippen MR) is 95.9 cm³/mol. The van der Waals surface area contributed by atoms with Crippen LogP contribution in [0, 0.1) is 18.8 Å². The number of aromatic nitrogens is 1. The SMILES string of the molecule is Cc1sc(-c2cc(Cl)ccc2Cl)nc1C1C(=O)[C@@H]2CC[C@@H](C2)C1=O. The van der Waals surface area contributed by atoms with Gasteiger partial charge in [-0.3, -0.25) is 9.59 Å². The summed E-state index contributed by atoms with van der Waals surface area (Å²) >= 11 is 13.8. The van der Waals surface area contributed by atoms with Gasteiger partial charge in [-0.25, -0.2) is 4.98 Å². The molecule has 0 saturated heterocycles. The molecule has 0 aliphatic heterocycles. The van der Waals surface area contributed by atoms with E-state index < -0.39 is 5.92 Å². The van der Waals surface area contributed by atoms with E-state index in [1.54, 1.807) is 18.2 Å². The quantitative estimate of drug-likeness (QED) is 0.683. The van der Waals surface area contributed by atoms with Gasteiger partial charge in [-0.15, -0.1) is 11.3 Å². The molecule has 0 radical (unpaired) electrons. The van der Waals surface area contributed by atoms with Crippen LogP contribution in [0.1, 0.15) is 35.8 Å². The normalized spacial score (nSPS) is 26.2. The zero-order valence-electron chi connectivity index (χ0n) is 13.0. The summed E-state index contributed by atoms with van der Waals surface area (Å²) in [6.07, 6.45) is 2.40. The van der Waals surface area contributed by atoms with Crippen molar-refractivity contribution in [2.75, 3.05) is 0 Å². The largest absolute Gasteiger partial charge is 0.298 e. The molecule has 1 unspecified atom stereocenters. The highest BCUT2D eigenvalue weighted by Crippen LogP contribution is 2.45.